The van der Waals surface area contributed by atoms with Gasteiger partial charge in [-0.1, -0.05) is 36.8 Å². The van der Waals surface area contributed by atoms with Crippen molar-refractivity contribution in [3.63, 3.8) is 0 Å². The molecule has 2 N–H and O–H groups in total. The van der Waals surface area contributed by atoms with Gasteiger partial charge in [-0.3, -0.25) is 4.79 Å². The normalized spacial score (nSPS) is 12.4. The van der Waals surface area contributed by atoms with Crippen molar-refractivity contribution in [2.24, 2.45) is 11.7 Å². The molecule has 0 fully saturated rings. The maximum absolute atomic E-state index is 11.8. The molecule has 1 aromatic carbocycles. The summed E-state index contributed by atoms with van der Waals surface area (Å²) in [4.78, 5) is 11.8. The molecule has 0 radical (unpaired) electrons. The highest BCUT2D eigenvalue weighted by molar-refractivity contribution is 5.80. The smallest absolute Gasteiger partial charge is 0.137 e. The Morgan fingerprint density at radius 3 is 2.47 bits per heavy atom. The third kappa shape index (κ3) is 5.64. The van der Waals surface area contributed by atoms with Crippen molar-refractivity contribution in [1.82, 2.24) is 0 Å². The Morgan fingerprint density at radius 2 is 1.88 bits per heavy atom. The van der Waals surface area contributed by atoms with E-state index in [0.29, 0.717) is 31.1 Å². The van der Waals surface area contributed by atoms with E-state index in [1.165, 1.54) is 5.56 Å². The van der Waals surface area contributed by atoms with Gasteiger partial charge < -0.3 is 5.73 Å². The molecule has 94 valence electrons. The lowest BCUT2D eigenvalue weighted by Gasteiger charge is -2.08. The molecule has 0 amide bonds. The average Bonchev–Trinajstić information content (AvgIpc) is 2.30. The number of Topliss-reactive ketones (excluding diaryl/α,β-unsaturated/α-hetero) is 1. The van der Waals surface area contributed by atoms with Crippen LogP contribution in [0.5, 0.6) is 0 Å². The van der Waals surface area contributed by atoms with Crippen molar-refractivity contribution < 1.29 is 4.79 Å². The molecule has 1 atom stereocenters. The summed E-state index contributed by atoms with van der Waals surface area (Å²) < 4.78 is 0. The van der Waals surface area contributed by atoms with Gasteiger partial charge in [0.05, 0.1) is 0 Å². The first-order chi connectivity index (χ1) is 8.11. The summed E-state index contributed by atoms with van der Waals surface area (Å²) in [7, 11) is 0. The third-order valence-electron chi connectivity index (χ3n) is 3.10. The van der Waals surface area contributed by atoms with E-state index in [4.69, 9.17) is 5.73 Å². The number of carbonyl (C=O) groups is 1. The van der Waals surface area contributed by atoms with Crippen LogP contribution >= 0.6 is 0 Å². The average molecular weight is 233 g/mol. The van der Waals surface area contributed by atoms with Crippen LogP contribution in [0.3, 0.4) is 0 Å². The number of ketones is 1. The van der Waals surface area contributed by atoms with E-state index >= 15 is 0 Å². The van der Waals surface area contributed by atoms with Gasteiger partial charge in [-0.25, -0.2) is 0 Å². The summed E-state index contributed by atoms with van der Waals surface area (Å²) in [6, 6.07) is 8.19. The highest BCUT2D eigenvalue weighted by Gasteiger charge is 2.07. The first-order valence-electron chi connectivity index (χ1n) is 6.39. The molecule has 0 heterocycles. The fraction of sp³-hybridized carbons (Fsp3) is 0.533. The van der Waals surface area contributed by atoms with Crippen molar-refractivity contribution in [2.45, 2.75) is 39.5 Å². The van der Waals surface area contributed by atoms with Crippen molar-refractivity contribution >= 4 is 5.78 Å². The van der Waals surface area contributed by atoms with Gasteiger partial charge in [-0.15, -0.1) is 0 Å². The SMILES string of the molecule is Cc1ccc(CC(=O)CCC(C)CCN)cc1. The minimum absolute atomic E-state index is 0.331. The molecule has 0 bridgehead atoms. The summed E-state index contributed by atoms with van der Waals surface area (Å²) in [5, 5.41) is 0. The molecular weight excluding hydrogens is 210 g/mol. The lowest BCUT2D eigenvalue weighted by atomic mass is 9.97. The van der Waals surface area contributed by atoms with Gasteiger partial charge in [0.15, 0.2) is 0 Å². The molecule has 0 saturated heterocycles. The van der Waals surface area contributed by atoms with Gasteiger partial charge in [0, 0.05) is 12.8 Å². The monoisotopic (exact) mass is 233 g/mol. The molecular formula is C15H23NO. The van der Waals surface area contributed by atoms with E-state index < -0.39 is 0 Å². The molecule has 2 nitrogen and oxygen atoms in total. The van der Waals surface area contributed by atoms with Crippen LogP contribution in [0.1, 0.15) is 37.3 Å². The summed E-state index contributed by atoms with van der Waals surface area (Å²) >= 11 is 0. The van der Waals surface area contributed by atoms with Crippen LogP contribution in [0.2, 0.25) is 0 Å². The highest BCUT2D eigenvalue weighted by Crippen LogP contribution is 2.11. The van der Waals surface area contributed by atoms with Gasteiger partial charge in [-0.05, 0) is 37.8 Å². The molecule has 0 saturated carbocycles. The van der Waals surface area contributed by atoms with E-state index in [-0.39, 0.29) is 0 Å². The number of rotatable bonds is 7. The lowest BCUT2D eigenvalue weighted by Crippen LogP contribution is -2.09. The molecule has 1 aromatic rings. The fourth-order valence-electron chi connectivity index (χ4n) is 1.86. The highest BCUT2D eigenvalue weighted by atomic mass is 16.1. The first kappa shape index (κ1) is 13.9. The van der Waals surface area contributed by atoms with Crippen LogP contribution in [0.15, 0.2) is 24.3 Å². The zero-order valence-corrected chi connectivity index (χ0v) is 10.9. The Balaban J connectivity index is 2.32. The van der Waals surface area contributed by atoms with E-state index in [0.717, 1.165) is 18.4 Å². The number of hydrogen-bond acceptors (Lipinski definition) is 2. The van der Waals surface area contributed by atoms with Crippen molar-refractivity contribution in [3.05, 3.63) is 35.4 Å². The van der Waals surface area contributed by atoms with Gasteiger partial charge in [0.1, 0.15) is 5.78 Å². The van der Waals surface area contributed by atoms with E-state index in [2.05, 4.69) is 26.0 Å². The van der Waals surface area contributed by atoms with Gasteiger partial charge in [-0.2, -0.15) is 0 Å². The van der Waals surface area contributed by atoms with Crippen LogP contribution in [0, 0.1) is 12.8 Å². The molecule has 1 rings (SSSR count). The van der Waals surface area contributed by atoms with Crippen LogP contribution in [-0.4, -0.2) is 12.3 Å². The quantitative estimate of drug-likeness (QED) is 0.787. The zero-order chi connectivity index (χ0) is 12.7. The molecule has 17 heavy (non-hydrogen) atoms. The molecule has 0 aliphatic carbocycles. The molecule has 0 spiro atoms. The van der Waals surface area contributed by atoms with Crippen LogP contribution in [-0.2, 0) is 11.2 Å². The molecule has 0 aliphatic rings. The van der Waals surface area contributed by atoms with E-state index in [9.17, 15) is 4.79 Å². The largest absolute Gasteiger partial charge is 0.330 e. The maximum Gasteiger partial charge on any atom is 0.137 e. The van der Waals surface area contributed by atoms with E-state index in [1.54, 1.807) is 0 Å². The van der Waals surface area contributed by atoms with Crippen molar-refractivity contribution in [1.29, 1.82) is 0 Å². The van der Waals surface area contributed by atoms with Gasteiger partial charge in [0.25, 0.3) is 0 Å². The van der Waals surface area contributed by atoms with Crippen molar-refractivity contribution in [3.8, 4) is 0 Å². The Labute approximate surface area is 104 Å². The standard InChI is InChI=1S/C15H23NO/c1-12-3-6-14(7-4-12)11-15(17)8-5-13(2)9-10-16/h3-4,6-7,13H,5,8-11,16H2,1-2H3. The topological polar surface area (TPSA) is 43.1 Å². The molecule has 2 heteroatoms. The van der Waals surface area contributed by atoms with Crippen LogP contribution in [0.4, 0.5) is 0 Å². The minimum Gasteiger partial charge on any atom is -0.330 e. The third-order valence-corrected chi connectivity index (χ3v) is 3.10. The van der Waals surface area contributed by atoms with Gasteiger partial charge >= 0.3 is 0 Å². The first-order valence-corrected chi connectivity index (χ1v) is 6.39. The zero-order valence-electron chi connectivity index (χ0n) is 10.9. The molecule has 1 unspecified atom stereocenters. The number of hydrogen-bond donors (Lipinski definition) is 1. The predicted octanol–water partition coefficient (Wildman–Crippen LogP) is 2.87. The Kier molecular flexibility index (Phi) is 5.92. The number of aryl methyl sites for hydroxylation is 1. The Morgan fingerprint density at radius 1 is 1.24 bits per heavy atom. The second-order valence-electron chi connectivity index (χ2n) is 4.92. The maximum atomic E-state index is 11.8. The minimum atomic E-state index is 0.331. The molecule has 0 aliphatic heterocycles. The fourth-order valence-corrected chi connectivity index (χ4v) is 1.86. The number of benzene rings is 1. The Bertz CT molecular complexity index is 342. The summed E-state index contributed by atoms with van der Waals surface area (Å²) in [6.07, 6.45) is 3.21. The Hall–Kier alpha value is -1.15. The number of nitrogens with two attached hydrogens (primary N) is 1. The summed E-state index contributed by atoms with van der Waals surface area (Å²) in [6.45, 7) is 4.93. The van der Waals surface area contributed by atoms with Crippen LogP contribution in [0.25, 0.3) is 0 Å². The van der Waals surface area contributed by atoms with E-state index in [1.807, 2.05) is 12.1 Å². The predicted molar refractivity (Wildman–Crippen MR) is 72.0 cm³/mol. The van der Waals surface area contributed by atoms with Crippen LogP contribution < -0.4 is 5.73 Å². The lowest BCUT2D eigenvalue weighted by molar-refractivity contribution is -0.118. The number of carbonyl (C=O) groups excluding carboxylic acids is 1. The second-order valence-corrected chi connectivity index (χ2v) is 4.92. The van der Waals surface area contributed by atoms with Gasteiger partial charge in [0.2, 0.25) is 0 Å². The second kappa shape index (κ2) is 7.23. The van der Waals surface area contributed by atoms with Crippen molar-refractivity contribution in [2.75, 3.05) is 6.54 Å². The molecule has 0 aromatic heterocycles. The summed E-state index contributed by atoms with van der Waals surface area (Å²) in [5.41, 5.74) is 7.84. The summed E-state index contributed by atoms with van der Waals surface area (Å²) in [5.74, 6) is 0.889.